The minimum Gasteiger partial charge on any atom is -0.481 e. The largest absolute Gasteiger partial charge is 0.481 e. The first-order valence-corrected chi connectivity index (χ1v) is 8.17. The predicted molar refractivity (Wildman–Crippen MR) is 88.5 cm³/mol. The molecule has 0 spiro atoms. The average Bonchev–Trinajstić information content (AvgIpc) is 2.51. The van der Waals surface area contributed by atoms with Gasteiger partial charge in [-0.1, -0.05) is 12.1 Å². The van der Waals surface area contributed by atoms with E-state index in [9.17, 15) is 14.4 Å². The van der Waals surface area contributed by atoms with Crippen molar-refractivity contribution in [2.24, 2.45) is 0 Å². The third kappa shape index (κ3) is 8.72. The van der Waals surface area contributed by atoms with Crippen molar-refractivity contribution in [1.29, 1.82) is 0 Å². The highest BCUT2D eigenvalue weighted by atomic mass is 32.2. The Labute approximate surface area is 138 Å². The van der Waals surface area contributed by atoms with Crippen molar-refractivity contribution in [2.75, 3.05) is 24.7 Å². The molecule has 0 aliphatic heterocycles. The summed E-state index contributed by atoms with van der Waals surface area (Å²) in [4.78, 5) is 33.1. The molecule has 1 rings (SSSR count). The van der Waals surface area contributed by atoms with Crippen LogP contribution in [0.25, 0.3) is 0 Å². The van der Waals surface area contributed by atoms with E-state index in [1.807, 2.05) is 18.2 Å². The normalized spacial score (nSPS) is 9.96. The molecule has 2 amide bonds. The monoisotopic (exact) mass is 340 g/mol. The summed E-state index contributed by atoms with van der Waals surface area (Å²) in [6.45, 7) is 0.298. The number of esters is 1. The Balaban J connectivity index is 2.36. The summed E-state index contributed by atoms with van der Waals surface area (Å²) in [5.74, 6) is -0.252. The van der Waals surface area contributed by atoms with Gasteiger partial charge in [-0.15, -0.1) is 11.8 Å². The van der Waals surface area contributed by atoms with Crippen LogP contribution in [0.3, 0.4) is 0 Å². The zero-order valence-electron chi connectivity index (χ0n) is 12.8. The Morgan fingerprint density at radius 3 is 2.78 bits per heavy atom. The second-order valence-corrected chi connectivity index (χ2v) is 5.63. The van der Waals surface area contributed by atoms with Gasteiger partial charge in [0.2, 0.25) is 0 Å². The Morgan fingerprint density at radius 1 is 1.30 bits per heavy atom. The average molecular weight is 340 g/mol. The first kappa shape index (κ1) is 18.8. The number of carbonyl (C=O) groups is 3. The molecule has 23 heavy (non-hydrogen) atoms. The number of hydrogen-bond acceptors (Lipinski definition) is 5. The number of anilines is 1. The van der Waals surface area contributed by atoms with Crippen molar-refractivity contribution in [3.05, 3.63) is 29.8 Å². The van der Waals surface area contributed by atoms with Crippen LogP contribution >= 0.6 is 11.8 Å². The summed E-state index contributed by atoms with van der Waals surface area (Å²) in [7, 11) is 1.35. The molecule has 3 N–H and O–H groups in total. The van der Waals surface area contributed by atoms with Gasteiger partial charge < -0.3 is 20.5 Å². The maximum Gasteiger partial charge on any atom is 0.319 e. The second kappa shape index (κ2) is 10.5. The first-order chi connectivity index (χ1) is 11.0. The molecule has 0 atom stereocenters. The molecule has 0 saturated heterocycles. The van der Waals surface area contributed by atoms with E-state index in [-0.39, 0.29) is 24.2 Å². The molecule has 0 fully saturated rings. The highest BCUT2D eigenvalue weighted by Gasteiger charge is 2.04. The molecule has 0 unspecified atom stereocenters. The maximum atomic E-state index is 11.7. The van der Waals surface area contributed by atoms with E-state index in [0.29, 0.717) is 24.4 Å². The maximum absolute atomic E-state index is 11.7. The number of hydrogen-bond donors (Lipinski definition) is 3. The highest BCUT2D eigenvalue weighted by molar-refractivity contribution is 7.99. The summed E-state index contributed by atoms with van der Waals surface area (Å²) in [6, 6.07) is 6.91. The van der Waals surface area contributed by atoms with Gasteiger partial charge in [-0.2, -0.15) is 0 Å². The predicted octanol–water partition coefficient (Wildman–Crippen LogP) is 2.08. The lowest BCUT2D eigenvalue weighted by Crippen LogP contribution is -2.29. The Bertz CT molecular complexity index is 550. The third-order valence-corrected chi connectivity index (χ3v) is 3.73. The molecule has 0 aliphatic carbocycles. The third-order valence-electron chi connectivity index (χ3n) is 2.75. The first-order valence-electron chi connectivity index (χ1n) is 7.01. The van der Waals surface area contributed by atoms with Gasteiger partial charge in [0.15, 0.2) is 0 Å². The quantitative estimate of drug-likeness (QED) is 0.469. The van der Waals surface area contributed by atoms with E-state index >= 15 is 0 Å². The molecule has 1 aromatic rings. The van der Waals surface area contributed by atoms with E-state index in [0.717, 1.165) is 5.56 Å². The summed E-state index contributed by atoms with van der Waals surface area (Å²) < 4.78 is 4.56. The van der Waals surface area contributed by atoms with Crippen molar-refractivity contribution < 1.29 is 24.2 Å². The fourth-order valence-electron chi connectivity index (χ4n) is 1.67. The van der Waals surface area contributed by atoms with Gasteiger partial charge in [0.25, 0.3) is 0 Å². The molecule has 0 radical (unpaired) electrons. The number of carbonyl (C=O) groups excluding carboxylic acids is 2. The van der Waals surface area contributed by atoms with Gasteiger partial charge >= 0.3 is 18.0 Å². The van der Waals surface area contributed by atoms with E-state index in [2.05, 4.69) is 15.4 Å². The molecule has 8 heteroatoms. The molecule has 0 heterocycles. The number of methoxy groups -OCH3 is 1. The number of rotatable bonds is 9. The summed E-state index contributed by atoms with van der Waals surface area (Å²) in [5.41, 5.74) is 1.61. The van der Waals surface area contributed by atoms with Crippen LogP contribution in [-0.4, -0.2) is 42.5 Å². The van der Waals surface area contributed by atoms with Gasteiger partial charge in [0, 0.05) is 24.4 Å². The lowest BCUT2D eigenvalue weighted by Gasteiger charge is -2.08. The minimum absolute atomic E-state index is 0.0210. The molecular formula is C15H20N2O5S. The van der Waals surface area contributed by atoms with Crippen LogP contribution in [0.4, 0.5) is 10.5 Å². The summed E-state index contributed by atoms with van der Waals surface area (Å²) in [6.07, 6.45) is 0.403. The standard InChI is InChI=1S/C15H20N2O5S/c1-22-14(20)10-23-9-11-4-2-5-12(8-11)17-15(21)16-7-3-6-13(18)19/h2,4-5,8H,3,6-7,9-10H2,1H3,(H,18,19)(H2,16,17,21). The molecule has 1 aromatic carbocycles. The lowest BCUT2D eigenvalue weighted by atomic mass is 10.2. The summed E-state index contributed by atoms with van der Waals surface area (Å²) >= 11 is 1.43. The molecule has 126 valence electrons. The van der Waals surface area contributed by atoms with Crippen molar-refractivity contribution in [1.82, 2.24) is 5.32 Å². The molecule has 0 aliphatic rings. The number of urea groups is 1. The van der Waals surface area contributed by atoms with Gasteiger partial charge in [-0.3, -0.25) is 9.59 Å². The van der Waals surface area contributed by atoms with Crippen LogP contribution in [0.1, 0.15) is 18.4 Å². The number of nitrogens with one attached hydrogen (secondary N) is 2. The number of carboxylic acids is 1. The smallest absolute Gasteiger partial charge is 0.319 e. The van der Waals surface area contributed by atoms with Crippen LogP contribution in [-0.2, 0) is 20.1 Å². The number of ether oxygens (including phenoxy) is 1. The van der Waals surface area contributed by atoms with Crippen molar-refractivity contribution in [2.45, 2.75) is 18.6 Å². The van der Waals surface area contributed by atoms with Gasteiger partial charge in [-0.25, -0.2) is 4.79 Å². The van der Waals surface area contributed by atoms with Gasteiger partial charge in [0.1, 0.15) is 0 Å². The van der Waals surface area contributed by atoms with Gasteiger partial charge in [0.05, 0.1) is 12.9 Å². The van der Waals surface area contributed by atoms with Crippen molar-refractivity contribution >= 4 is 35.4 Å². The van der Waals surface area contributed by atoms with Crippen LogP contribution in [0.2, 0.25) is 0 Å². The van der Waals surface area contributed by atoms with Crippen LogP contribution in [0.5, 0.6) is 0 Å². The Hall–Kier alpha value is -2.22. The fraction of sp³-hybridized carbons (Fsp3) is 0.400. The zero-order chi connectivity index (χ0) is 17.1. The Kier molecular flexibility index (Phi) is 8.59. The number of aliphatic carboxylic acids is 1. The van der Waals surface area contributed by atoms with Crippen LogP contribution in [0.15, 0.2) is 24.3 Å². The second-order valence-electron chi connectivity index (χ2n) is 4.65. The molecule has 0 aromatic heterocycles. The topological polar surface area (TPSA) is 105 Å². The van der Waals surface area contributed by atoms with Crippen LogP contribution in [0, 0.1) is 0 Å². The van der Waals surface area contributed by atoms with E-state index in [1.54, 1.807) is 6.07 Å². The van der Waals surface area contributed by atoms with Crippen molar-refractivity contribution in [3.8, 4) is 0 Å². The van der Waals surface area contributed by atoms with Crippen LogP contribution < -0.4 is 10.6 Å². The lowest BCUT2D eigenvalue weighted by molar-refractivity contribution is -0.138. The van der Waals surface area contributed by atoms with E-state index < -0.39 is 5.97 Å². The highest BCUT2D eigenvalue weighted by Crippen LogP contribution is 2.16. The van der Waals surface area contributed by atoms with Gasteiger partial charge in [-0.05, 0) is 24.1 Å². The number of amides is 2. The fourth-order valence-corrected chi connectivity index (χ4v) is 2.47. The Morgan fingerprint density at radius 2 is 2.09 bits per heavy atom. The molecule has 0 saturated carbocycles. The number of carboxylic acid groups (broad SMARTS) is 1. The van der Waals surface area contributed by atoms with E-state index in [4.69, 9.17) is 5.11 Å². The number of benzene rings is 1. The molecular weight excluding hydrogens is 320 g/mol. The summed E-state index contributed by atoms with van der Waals surface area (Å²) in [5, 5.41) is 13.8. The molecule has 0 bridgehead atoms. The SMILES string of the molecule is COC(=O)CSCc1cccc(NC(=O)NCCCC(=O)O)c1. The van der Waals surface area contributed by atoms with E-state index in [1.165, 1.54) is 18.9 Å². The molecule has 7 nitrogen and oxygen atoms in total. The minimum atomic E-state index is -0.885. The van der Waals surface area contributed by atoms with Crippen molar-refractivity contribution in [3.63, 3.8) is 0 Å². The number of thioether (sulfide) groups is 1. The zero-order valence-corrected chi connectivity index (χ0v) is 13.6.